The Morgan fingerprint density at radius 3 is 1.14 bits per heavy atom. The molecule has 2 radical (unpaired) electrons. The van der Waals surface area contributed by atoms with E-state index in [1.807, 2.05) is 13.8 Å². The van der Waals surface area contributed by atoms with Gasteiger partial charge in [-0.3, -0.25) is 33.0 Å². The molecule has 10 nitrogen and oxygen atoms in total. The van der Waals surface area contributed by atoms with Gasteiger partial charge in [0.25, 0.3) is 0 Å². The number of ether oxygens (including phenoxy) is 6. The first-order valence-corrected chi connectivity index (χ1v) is 16.9. The molecule has 2 saturated carbocycles. The van der Waals surface area contributed by atoms with Crippen LogP contribution in [0.25, 0.3) is 0 Å². The van der Waals surface area contributed by atoms with E-state index >= 15 is 0 Å². The molecule has 290 valence electrons. The van der Waals surface area contributed by atoms with Crippen molar-refractivity contribution in [2.75, 3.05) is 27.4 Å². The van der Waals surface area contributed by atoms with Gasteiger partial charge in [0.15, 0.2) is 11.9 Å². The van der Waals surface area contributed by atoms with Crippen molar-refractivity contribution in [1.29, 1.82) is 0 Å². The zero-order chi connectivity index (χ0) is 35.2. The quantitative estimate of drug-likeness (QED) is 0.101. The third-order valence-corrected chi connectivity index (χ3v) is 10.2. The third kappa shape index (κ3) is 18.2. The summed E-state index contributed by atoms with van der Waals surface area (Å²) in [6.45, 7) is 22.4. The van der Waals surface area contributed by atoms with Crippen molar-refractivity contribution in [3.63, 3.8) is 0 Å². The van der Waals surface area contributed by atoms with E-state index in [1.54, 1.807) is 28.1 Å². The van der Waals surface area contributed by atoms with E-state index in [0.717, 1.165) is 38.5 Å². The molecule has 0 N–H and O–H groups in total. The minimum Gasteiger partial charge on any atom is -0.487 e. The molecule has 2 aliphatic carbocycles. The first kappa shape index (κ1) is 56.5. The SMILES string of the molecule is [CH2-]C(=O)OC[C@@](C)(CC)C(=O)O[C@@H]1CC[C@@H](C(C)C)C[C@H]1OC.[CH2-]C(=O)OC[C@](C)(CC)C(=O)O[C@@H]1CC[C@@H](C(C)C)C[C@H]1OC.[CH3-].[CH3-].[Y].[Y]. The summed E-state index contributed by atoms with van der Waals surface area (Å²) in [5.41, 5.74) is -1.69. The summed E-state index contributed by atoms with van der Waals surface area (Å²) >= 11 is 0. The molecule has 8 atom stereocenters. The molecule has 0 aromatic heterocycles. The van der Waals surface area contributed by atoms with E-state index in [-0.39, 0.29) is 130 Å². The fourth-order valence-electron chi connectivity index (χ4n) is 5.89. The Balaban J connectivity index is -0.000000392. The second-order valence-corrected chi connectivity index (χ2v) is 14.2. The van der Waals surface area contributed by atoms with Gasteiger partial charge >= 0.3 is 11.9 Å². The molecule has 0 aromatic rings. The summed E-state index contributed by atoms with van der Waals surface area (Å²) in [6.07, 6.45) is 5.94. The van der Waals surface area contributed by atoms with Crippen LogP contribution in [0.4, 0.5) is 0 Å². The van der Waals surface area contributed by atoms with E-state index in [4.69, 9.17) is 28.4 Å². The normalized spacial score (nSPS) is 25.1. The van der Waals surface area contributed by atoms with E-state index in [2.05, 4.69) is 41.5 Å². The van der Waals surface area contributed by atoms with E-state index < -0.39 is 22.8 Å². The first-order valence-electron chi connectivity index (χ1n) is 16.9. The Morgan fingerprint density at radius 2 is 0.920 bits per heavy atom. The standard InChI is InChI=1S/2C18H31O5.2CH3.2Y/c2*1-7-18(5,11-22-13(4)19)17(20)23-15-9-8-14(12(2)3)10-16(15)21-6;;;;/h2*12,14-16H,4,7-11H2,1-3,5-6H3;2*1H3;;/q4*-1;;/t14-,15-,16-,18+;14-,15-,16-,18-;;;;/m11..../s1. The molecule has 0 unspecified atom stereocenters. The molecule has 0 spiro atoms. The summed E-state index contributed by atoms with van der Waals surface area (Å²) in [5, 5.41) is 0. The predicted molar refractivity (Wildman–Crippen MR) is 188 cm³/mol. The molecule has 0 bridgehead atoms. The van der Waals surface area contributed by atoms with Crippen LogP contribution in [0.15, 0.2) is 0 Å². The van der Waals surface area contributed by atoms with Crippen molar-refractivity contribution >= 4 is 23.9 Å². The minimum atomic E-state index is -0.847. The summed E-state index contributed by atoms with van der Waals surface area (Å²) in [6, 6.07) is 0. The van der Waals surface area contributed by atoms with Crippen LogP contribution in [0.1, 0.15) is 107 Å². The van der Waals surface area contributed by atoms with Crippen LogP contribution in [0.3, 0.4) is 0 Å². The number of esters is 4. The third-order valence-electron chi connectivity index (χ3n) is 10.2. The topological polar surface area (TPSA) is 124 Å². The van der Waals surface area contributed by atoms with Gasteiger partial charge in [0, 0.05) is 79.6 Å². The van der Waals surface area contributed by atoms with Gasteiger partial charge in [-0.05, 0) is 88.9 Å². The Hall–Kier alpha value is -0.252. The molecular formula is C38H68O10Y2-4. The van der Waals surface area contributed by atoms with Gasteiger partial charge < -0.3 is 43.3 Å². The van der Waals surface area contributed by atoms with Gasteiger partial charge in [0.05, 0.1) is 23.0 Å². The van der Waals surface area contributed by atoms with Crippen molar-refractivity contribution in [2.24, 2.45) is 34.5 Å². The Labute approximate surface area is 355 Å². The fourth-order valence-corrected chi connectivity index (χ4v) is 5.89. The van der Waals surface area contributed by atoms with E-state index in [0.29, 0.717) is 36.5 Å². The molecule has 0 aromatic carbocycles. The average molecular weight is 863 g/mol. The van der Waals surface area contributed by atoms with Crippen molar-refractivity contribution in [1.82, 2.24) is 0 Å². The molecule has 50 heavy (non-hydrogen) atoms. The maximum Gasteiger partial charge on any atom is 0.315 e. The average Bonchev–Trinajstić information content (AvgIpc) is 3.02. The molecule has 0 amide bonds. The molecule has 12 heteroatoms. The second-order valence-electron chi connectivity index (χ2n) is 14.2. The summed E-state index contributed by atoms with van der Waals surface area (Å²) in [7, 11) is 3.33. The molecule has 0 saturated heterocycles. The zero-order valence-electron chi connectivity index (χ0n) is 33.3. The number of carbonyl (C=O) groups excluding carboxylic acids is 4. The molecule has 2 rings (SSSR count). The van der Waals surface area contributed by atoms with Crippen LogP contribution in [0.2, 0.25) is 0 Å². The maximum atomic E-state index is 12.6. The molecule has 2 fully saturated rings. The Kier molecular flexibility index (Phi) is 30.9. The Morgan fingerprint density at radius 1 is 0.620 bits per heavy atom. The Bertz CT molecular complexity index is 901. The number of methoxy groups -OCH3 is 2. The molecule has 0 heterocycles. The van der Waals surface area contributed by atoms with Crippen molar-refractivity contribution in [2.45, 2.75) is 131 Å². The van der Waals surface area contributed by atoms with Gasteiger partial charge in [-0.15, -0.1) is 0 Å². The smallest absolute Gasteiger partial charge is 0.315 e. The van der Waals surface area contributed by atoms with Crippen molar-refractivity contribution < 1.29 is 113 Å². The number of carbonyl (C=O) groups is 4. The number of hydrogen-bond acceptors (Lipinski definition) is 10. The monoisotopic (exact) mass is 862 g/mol. The second kappa shape index (κ2) is 27.3. The largest absolute Gasteiger partial charge is 0.487 e. The number of hydrogen-bond donors (Lipinski definition) is 0. The van der Waals surface area contributed by atoms with E-state index in [1.165, 1.54) is 0 Å². The van der Waals surface area contributed by atoms with Gasteiger partial charge in [-0.1, -0.05) is 41.5 Å². The van der Waals surface area contributed by atoms with Gasteiger partial charge in [0.1, 0.15) is 25.4 Å². The fraction of sp³-hybridized carbons (Fsp3) is 0.789. The van der Waals surface area contributed by atoms with Crippen LogP contribution in [0.5, 0.6) is 0 Å². The summed E-state index contributed by atoms with van der Waals surface area (Å²) < 4.78 is 32.4. The molecular weight excluding hydrogens is 794 g/mol. The van der Waals surface area contributed by atoms with Crippen molar-refractivity contribution in [3.05, 3.63) is 28.7 Å². The molecule has 2 aliphatic rings. The van der Waals surface area contributed by atoms with Gasteiger partial charge in [-0.2, -0.15) is 0 Å². The number of rotatable bonds is 14. The maximum absolute atomic E-state index is 12.6. The van der Waals surface area contributed by atoms with Gasteiger partial charge in [0.2, 0.25) is 0 Å². The first-order chi connectivity index (χ1) is 21.5. The molecule has 0 aliphatic heterocycles. The minimum absolute atomic E-state index is 0. The van der Waals surface area contributed by atoms with Crippen LogP contribution < -0.4 is 0 Å². The predicted octanol–water partition coefficient (Wildman–Crippen LogP) is 7.22. The zero-order valence-corrected chi connectivity index (χ0v) is 39.0. The van der Waals surface area contributed by atoms with Crippen LogP contribution in [-0.4, -0.2) is 75.7 Å². The van der Waals surface area contributed by atoms with Crippen LogP contribution in [-0.2, 0) is 113 Å². The van der Waals surface area contributed by atoms with Crippen LogP contribution >= 0.6 is 0 Å². The summed E-state index contributed by atoms with van der Waals surface area (Å²) in [5.74, 6) is 0.449. The van der Waals surface area contributed by atoms with Gasteiger partial charge in [-0.25, -0.2) is 0 Å². The van der Waals surface area contributed by atoms with Crippen molar-refractivity contribution in [3.8, 4) is 0 Å². The van der Waals surface area contributed by atoms with Crippen LogP contribution in [0, 0.1) is 63.2 Å². The summed E-state index contributed by atoms with van der Waals surface area (Å²) in [4.78, 5) is 47.0. The van der Waals surface area contributed by atoms with E-state index in [9.17, 15) is 19.2 Å².